The summed E-state index contributed by atoms with van der Waals surface area (Å²) in [6.45, 7) is 13.5. The van der Waals surface area contributed by atoms with Crippen molar-refractivity contribution in [2.24, 2.45) is 5.92 Å². The smallest absolute Gasteiger partial charge is 0.224 e. The van der Waals surface area contributed by atoms with E-state index in [-0.39, 0.29) is 16.9 Å². The highest BCUT2D eigenvalue weighted by Gasteiger charge is 2.39. The number of ether oxygens (including phenoxy) is 1. The second kappa shape index (κ2) is 7.81. The molecule has 0 radical (unpaired) electrons. The lowest BCUT2D eigenvalue weighted by atomic mass is 10.1. The van der Waals surface area contributed by atoms with E-state index in [0.29, 0.717) is 26.4 Å². The fourth-order valence-electron chi connectivity index (χ4n) is 2.48. The highest BCUT2D eigenvalue weighted by Crippen LogP contribution is 2.37. The van der Waals surface area contributed by atoms with Gasteiger partial charge >= 0.3 is 0 Å². The molecule has 0 saturated carbocycles. The van der Waals surface area contributed by atoms with Crippen LogP contribution in [0, 0.1) is 5.92 Å². The summed E-state index contributed by atoms with van der Waals surface area (Å²) in [6.07, 6.45) is 0.573. The molecule has 2 rings (SSSR count). The van der Waals surface area contributed by atoms with Crippen LogP contribution in [-0.2, 0) is 20.6 Å². The van der Waals surface area contributed by atoms with Crippen LogP contribution in [0.2, 0.25) is 18.1 Å². The average Bonchev–Trinajstić information content (AvgIpc) is 2.86. The largest absolute Gasteiger partial charge is 0.416 e. The summed E-state index contributed by atoms with van der Waals surface area (Å²) >= 11 is 0. The molecular weight excluding hydrogens is 318 g/mol. The number of rotatable bonds is 7. The third-order valence-electron chi connectivity index (χ3n) is 5.14. The van der Waals surface area contributed by atoms with E-state index >= 15 is 0 Å². The summed E-state index contributed by atoms with van der Waals surface area (Å²) < 4.78 is 12.0. The minimum Gasteiger partial charge on any atom is -0.416 e. The summed E-state index contributed by atoms with van der Waals surface area (Å²) in [5, 5.41) is 0.202. The van der Waals surface area contributed by atoms with Crippen molar-refractivity contribution in [2.75, 3.05) is 19.9 Å². The van der Waals surface area contributed by atoms with Crippen LogP contribution in [0.5, 0.6) is 0 Å². The first-order chi connectivity index (χ1) is 11.2. The van der Waals surface area contributed by atoms with Crippen molar-refractivity contribution in [1.29, 1.82) is 0 Å². The van der Waals surface area contributed by atoms with Crippen molar-refractivity contribution in [1.82, 2.24) is 4.90 Å². The van der Waals surface area contributed by atoms with E-state index in [4.69, 9.17) is 9.16 Å². The maximum atomic E-state index is 12.2. The van der Waals surface area contributed by atoms with E-state index in [9.17, 15) is 4.79 Å². The summed E-state index contributed by atoms with van der Waals surface area (Å²) in [6, 6.07) is 10.0. The standard InChI is InChI=1S/C19H31NO3Si/c1-19(2,3)24(4,5)23-14-17-11-18(21)20(12-17)15-22-13-16-9-7-6-8-10-16/h6-10,17H,11-15H2,1-5H3. The lowest BCUT2D eigenvalue weighted by molar-refractivity contribution is -0.132. The number of carbonyl (C=O) groups excluding carboxylic acids is 1. The number of hydrogen-bond donors (Lipinski definition) is 0. The van der Waals surface area contributed by atoms with Gasteiger partial charge in [-0.2, -0.15) is 0 Å². The number of nitrogens with zero attached hydrogens (tertiary/aromatic N) is 1. The molecule has 0 bridgehead atoms. The van der Waals surface area contributed by atoms with E-state index in [1.54, 1.807) is 0 Å². The molecule has 1 aliphatic rings. The van der Waals surface area contributed by atoms with E-state index in [0.717, 1.165) is 12.1 Å². The van der Waals surface area contributed by atoms with Gasteiger partial charge < -0.3 is 14.1 Å². The molecule has 24 heavy (non-hydrogen) atoms. The van der Waals surface area contributed by atoms with Crippen molar-refractivity contribution in [3.63, 3.8) is 0 Å². The molecule has 134 valence electrons. The predicted molar refractivity (Wildman–Crippen MR) is 99.1 cm³/mol. The van der Waals surface area contributed by atoms with Crippen LogP contribution < -0.4 is 0 Å². The van der Waals surface area contributed by atoms with Crippen molar-refractivity contribution in [3.8, 4) is 0 Å². The zero-order valence-electron chi connectivity index (χ0n) is 15.7. The minimum absolute atomic E-state index is 0.173. The second-order valence-corrected chi connectivity index (χ2v) is 13.0. The molecular formula is C19H31NO3Si. The zero-order chi connectivity index (χ0) is 17.8. The Kier molecular flexibility index (Phi) is 6.23. The van der Waals surface area contributed by atoms with Crippen LogP contribution in [0.4, 0.5) is 0 Å². The highest BCUT2D eigenvalue weighted by atomic mass is 28.4. The van der Waals surface area contributed by atoms with Crippen molar-refractivity contribution >= 4 is 14.2 Å². The van der Waals surface area contributed by atoms with Crippen molar-refractivity contribution < 1.29 is 14.0 Å². The number of hydrogen-bond acceptors (Lipinski definition) is 3. The summed E-state index contributed by atoms with van der Waals surface area (Å²) in [4.78, 5) is 14.0. The Morgan fingerprint density at radius 3 is 2.50 bits per heavy atom. The van der Waals surface area contributed by atoms with Crippen LogP contribution in [0.25, 0.3) is 0 Å². The van der Waals surface area contributed by atoms with Gasteiger partial charge in [0.2, 0.25) is 5.91 Å². The third kappa shape index (κ3) is 5.16. The summed E-state index contributed by atoms with van der Waals surface area (Å²) in [5.41, 5.74) is 1.13. The molecule has 0 spiro atoms. The minimum atomic E-state index is -1.75. The molecule has 1 unspecified atom stereocenters. The first-order valence-corrected chi connectivity index (χ1v) is 11.6. The average molecular weight is 350 g/mol. The predicted octanol–water partition coefficient (Wildman–Crippen LogP) is 4.03. The Hall–Kier alpha value is -1.17. The molecule has 0 N–H and O–H groups in total. The van der Waals surface area contributed by atoms with E-state index in [2.05, 4.69) is 33.9 Å². The first kappa shape index (κ1) is 19.2. The number of amides is 1. The normalized spacial score (nSPS) is 19.1. The molecule has 1 saturated heterocycles. The summed E-state index contributed by atoms with van der Waals surface area (Å²) in [5.74, 6) is 0.457. The van der Waals surface area contributed by atoms with Crippen LogP contribution >= 0.6 is 0 Å². The third-order valence-corrected chi connectivity index (χ3v) is 9.64. The monoisotopic (exact) mass is 349 g/mol. The number of benzene rings is 1. The van der Waals surface area contributed by atoms with E-state index < -0.39 is 8.32 Å². The van der Waals surface area contributed by atoms with Gasteiger partial charge in [0.1, 0.15) is 6.73 Å². The number of carbonyl (C=O) groups is 1. The highest BCUT2D eigenvalue weighted by molar-refractivity contribution is 6.74. The Morgan fingerprint density at radius 1 is 1.21 bits per heavy atom. The molecule has 1 fully saturated rings. The quantitative estimate of drug-likeness (QED) is 0.698. The lowest BCUT2D eigenvalue weighted by Gasteiger charge is -2.36. The van der Waals surface area contributed by atoms with Gasteiger partial charge in [-0.15, -0.1) is 0 Å². The van der Waals surface area contributed by atoms with Crippen LogP contribution in [-0.4, -0.2) is 39.0 Å². The van der Waals surface area contributed by atoms with Gasteiger partial charge in [0.05, 0.1) is 6.61 Å². The van der Waals surface area contributed by atoms with Crippen LogP contribution in [0.15, 0.2) is 30.3 Å². The Bertz CT molecular complexity index is 539. The number of likely N-dealkylation sites (tertiary alicyclic amines) is 1. The van der Waals surface area contributed by atoms with Crippen LogP contribution in [0.3, 0.4) is 0 Å². The molecule has 1 amide bonds. The molecule has 0 aromatic heterocycles. The van der Waals surface area contributed by atoms with E-state index in [1.807, 2.05) is 35.2 Å². The van der Waals surface area contributed by atoms with Gasteiger partial charge in [-0.05, 0) is 23.7 Å². The van der Waals surface area contributed by atoms with Gasteiger partial charge in [0, 0.05) is 25.5 Å². The van der Waals surface area contributed by atoms with Gasteiger partial charge in [-0.3, -0.25) is 4.79 Å². The fraction of sp³-hybridized carbons (Fsp3) is 0.632. The SMILES string of the molecule is CC(C)(C)[Si](C)(C)OCC1CC(=O)N(COCc2ccccc2)C1. The Labute approximate surface area is 147 Å². The molecule has 0 aliphatic carbocycles. The van der Waals surface area contributed by atoms with Gasteiger partial charge in [-0.25, -0.2) is 0 Å². The van der Waals surface area contributed by atoms with E-state index in [1.165, 1.54) is 0 Å². The van der Waals surface area contributed by atoms with Crippen molar-refractivity contribution in [2.45, 2.75) is 51.9 Å². The molecule has 1 aromatic carbocycles. The zero-order valence-corrected chi connectivity index (χ0v) is 16.7. The van der Waals surface area contributed by atoms with Crippen molar-refractivity contribution in [3.05, 3.63) is 35.9 Å². The molecule has 1 aromatic rings. The van der Waals surface area contributed by atoms with Gasteiger partial charge in [0.25, 0.3) is 0 Å². The van der Waals surface area contributed by atoms with Gasteiger partial charge in [0.15, 0.2) is 8.32 Å². The molecule has 4 nitrogen and oxygen atoms in total. The molecule has 1 aliphatic heterocycles. The molecule has 5 heteroatoms. The lowest BCUT2D eigenvalue weighted by Crippen LogP contribution is -2.42. The molecule has 1 heterocycles. The van der Waals surface area contributed by atoms with Gasteiger partial charge in [-0.1, -0.05) is 51.1 Å². The second-order valence-electron chi connectivity index (χ2n) is 8.22. The fourth-order valence-corrected chi connectivity index (χ4v) is 3.57. The maximum absolute atomic E-state index is 12.2. The maximum Gasteiger partial charge on any atom is 0.224 e. The van der Waals surface area contributed by atoms with Crippen LogP contribution in [0.1, 0.15) is 32.8 Å². The molecule has 1 atom stereocenters. The first-order valence-electron chi connectivity index (χ1n) is 8.72. The summed E-state index contributed by atoms with van der Waals surface area (Å²) in [7, 11) is -1.75. The Morgan fingerprint density at radius 2 is 1.88 bits per heavy atom. The topological polar surface area (TPSA) is 38.8 Å². The Balaban J connectivity index is 1.75.